The summed E-state index contributed by atoms with van der Waals surface area (Å²) >= 11 is 0. The second kappa shape index (κ2) is 51.2. The summed E-state index contributed by atoms with van der Waals surface area (Å²) in [4.78, 5) is 58.5. The number of hydrogen-bond donors (Lipinski definition) is 0. The molecule has 147 heavy (non-hydrogen) atoms. The summed E-state index contributed by atoms with van der Waals surface area (Å²) in [6, 6.07) is 66.6. The van der Waals surface area contributed by atoms with E-state index in [0.717, 1.165) is 137 Å². The Morgan fingerprint density at radius 3 is 0.748 bits per heavy atom. The number of rotatable bonds is 10. The third-order valence-electron chi connectivity index (χ3n) is 25.7. The Kier molecular flexibility index (Phi) is 38.8. The van der Waals surface area contributed by atoms with Gasteiger partial charge in [-0.15, -0.1) is 0 Å². The molecule has 2 aromatic carbocycles. The number of fused-ring (bicyclic) bond motifs is 12. The number of benzene rings is 2. The van der Waals surface area contributed by atoms with Crippen LogP contribution in [0.2, 0.25) is 0 Å². The molecule has 20 aromatic heterocycles. The molecule has 752 valence electrons. The molecule has 0 radical (unpaired) electrons. The van der Waals surface area contributed by atoms with Gasteiger partial charge >= 0.3 is 105 Å². The van der Waals surface area contributed by atoms with Crippen LogP contribution in [0.3, 0.4) is 0 Å². The van der Waals surface area contributed by atoms with E-state index in [1.807, 2.05) is 212 Å². The number of aromatic nitrogens is 34. The molecule has 20 heterocycles. The molecular weight excluding hydrogens is 2750 g/mol. The average molecular weight is 2850 g/mol. The summed E-state index contributed by atoms with van der Waals surface area (Å²) in [6.07, 6.45) is 29.1. The molecule has 0 saturated heterocycles. The molecular formula is C108H100N34Pt5. The van der Waals surface area contributed by atoms with Gasteiger partial charge in [-0.3, -0.25) is 70.0 Å². The van der Waals surface area contributed by atoms with Crippen LogP contribution in [0, 0.1) is 66.2 Å². The van der Waals surface area contributed by atoms with Gasteiger partial charge in [-0.05, 0) is 222 Å². The van der Waals surface area contributed by atoms with Crippen molar-refractivity contribution in [1.82, 2.24) is 172 Å². The van der Waals surface area contributed by atoms with Crippen molar-refractivity contribution in [3.63, 3.8) is 0 Å². The number of nitrogens with zero attached hydrogens (tertiary/aromatic N) is 34. The van der Waals surface area contributed by atoms with Crippen molar-refractivity contribution < 1.29 is 105 Å². The van der Waals surface area contributed by atoms with E-state index in [-0.39, 0.29) is 127 Å². The van der Waals surface area contributed by atoms with Crippen molar-refractivity contribution in [1.29, 1.82) is 0 Å². The van der Waals surface area contributed by atoms with Gasteiger partial charge in [-0.1, -0.05) is 208 Å². The molecule has 2 saturated carbocycles. The normalized spacial score (nSPS) is 15.2. The van der Waals surface area contributed by atoms with Crippen LogP contribution in [0.1, 0.15) is 147 Å². The van der Waals surface area contributed by atoms with Crippen LogP contribution in [0.15, 0.2) is 293 Å². The van der Waals surface area contributed by atoms with Crippen LogP contribution in [0.5, 0.6) is 0 Å². The number of aryl methyl sites for hydroxylation is 8. The zero-order valence-electron chi connectivity index (χ0n) is 82.5. The molecule has 0 N–H and O–H groups in total. The molecule has 39 heteroatoms. The molecule has 4 bridgehead atoms. The smallest absolute Gasteiger partial charge is 0.574 e. The van der Waals surface area contributed by atoms with E-state index in [0.29, 0.717) is 35.1 Å². The molecule has 4 aliphatic rings. The Morgan fingerprint density at radius 1 is 0.238 bits per heavy atom. The van der Waals surface area contributed by atoms with E-state index in [4.69, 9.17) is 0 Å². The van der Waals surface area contributed by atoms with Crippen LogP contribution in [-0.2, 0) is 116 Å². The minimum absolute atomic E-state index is 0. The predicted octanol–water partition coefficient (Wildman–Crippen LogP) is 17.7. The van der Waals surface area contributed by atoms with E-state index >= 15 is 0 Å². The first-order valence-electron chi connectivity index (χ1n) is 46.2. The van der Waals surface area contributed by atoms with Crippen molar-refractivity contribution >= 4 is 21.5 Å². The van der Waals surface area contributed by atoms with E-state index in [9.17, 15) is 0 Å². The van der Waals surface area contributed by atoms with Crippen LogP contribution < -0.4 is 51.0 Å². The Morgan fingerprint density at radius 2 is 0.503 bits per heavy atom. The first kappa shape index (κ1) is 111. The fourth-order valence-corrected chi connectivity index (χ4v) is 17.6. The maximum Gasteiger partial charge on any atom is 2.00 e. The van der Waals surface area contributed by atoms with Gasteiger partial charge in [-0.25, -0.2) is 0 Å². The minimum atomic E-state index is 0. The topological polar surface area (TPSA) is 450 Å². The van der Waals surface area contributed by atoms with Gasteiger partial charge in [0.1, 0.15) is 0 Å². The molecule has 34 nitrogen and oxygen atoms in total. The Balaban J connectivity index is 0.000000147. The number of hydrogen-bond acceptors (Lipinski definition) is 24. The molecule has 2 fully saturated rings. The molecule has 0 amide bonds. The number of pyridine rings is 8. The molecule has 0 spiro atoms. The Bertz CT molecular complexity index is 6740. The molecule has 4 aliphatic carbocycles. The summed E-state index contributed by atoms with van der Waals surface area (Å²) in [5.41, 5.74) is 26.9. The van der Waals surface area contributed by atoms with Crippen molar-refractivity contribution in [3.05, 3.63) is 361 Å². The van der Waals surface area contributed by atoms with Crippen molar-refractivity contribution in [3.8, 4) is 114 Å². The third-order valence-corrected chi connectivity index (χ3v) is 25.7. The SMILES string of the molecule is CC12CCC(c3c1n[n-]c3-c1cc3ccccc3cn1)C2(C)C.CC12CCC(c3c1n[n-]c3-c1cc3ccccc3cn1)C2(C)C.Cc1cc(-c2ccccn2)[n-]n1.Cc1cc(-c2ccccn2)[n-]n1.Cc1cc(-c2ccccn2)[n-]n1.Cc1cc(-c2ccccn2)[n-]n1.Cc1cc(-c2cnccn2)[n-]n1.Cc1cc(-c2cnccn2)[n-]n1.Cc1n[n-]c(-c2ccccn2)n1.Cc1n[n-]c(-c2ccccn2)n1.[Pt+2].[Pt+2].[Pt+2].[Pt+2].[Pt+2]. The van der Waals surface area contributed by atoms with Crippen molar-refractivity contribution in [2.24, 2.45) is 10.8 Å². The van der Waals surface area contributed by atoms with Crippen LogP contribution in [0.25, 0.3) is 136 Å². The summed E-state index contributed by atoms with van der Waals surface area (Å²) in [5, 5.41) is 85.5. The zero-order valence-corrected chi connectivity index (χ0v) is 93.8. The van der Waals surface area contributed by atoms with Gasteiger partial charge < -0.3 is 102 Å². The summed E-state index contributed by atoms with van der Waals surface area (Å²) < 4.78 is 0. The molecule has 0 aliphatic heterocycles. The summed E-state index contributed by atoms with van der Waals surface area (Å²) in [7, 11) is 0. The van der Waals surface area contributed by atoms with Gasteiger partial charge in [0.2, 0.25) is 0 Å². The van der Waals surface area contributed by atoms with Gasteiger partial charge in [0.25, 0.3) is 0 Å². The molecule has 4 unspecified atom stereocenters. The van der Waals surface area contributed by atoms with E-state index < -0.39 is 0 Å². The average Bonchev–Trinajstić information content (AvgIpc) is 1.52. The van der Waals surface area contributed by atoms with E-state index in [2.05, 4.69) is 262 Å². The Labute approximate surface area is 922 Å². The first-order valence-corrected chi connectivity index (χ1v) is 46.2. The van der Waals surface area contributed by atoms with Crippen LogP contribution in [-0.4, -0.2) is 121 Å². The largest absolute Gasteiger partial charge is 2.00 e. The van der Waals surface area contributed by atoms with Gasteiger partial charge in [0.15, 0.2) is 0 Å². The van der Waals surface area contributed by atoms with Crippen molar-refractivity contribution in [2.45, 2.75) is 145 Å². The van der Waals surface area contributed by atoms with Crippen LogP contribution in [0.4, 0.5) is 0 Å². The predicted molar refractivity (Wildman–Crippen MR) is 538 cm³/mol. The maximum absolute atomic E-state index is 4.68. The monoisotopic (exact) mass is 2850 g/mol. The molecule has 22 aromatic rings. The minimum Gasteiger partial charge on any atom is -0.574 e. The quantitative estimate of drug-likeness (QED) is 0.123. The second-order valence-electron chi connectivity index (χ2n) is 35.8. The van der Waals surface area contributed by atoms with Crippen molar-refractivity contribution in [2.75, 3.05) is 0 Å². The van der Waals surface area contributed by atoms with Gasteiger partial charge in [0.05, 0.1) is 46.6 Å². The summed E-state index contributed by atoms with van der Waals surface area (Å²) in [6.45, 7) is 29.4. The standard InChI is InChI=1S/2C20H20N3.4C9H8N3.4C8H7N4.5Pt/c2*1-19(2)14-8-9-20(19,3)18-16(14)17(22-23-18)15-10-12-6-4-5-7-13(12)11-21-15;4*1-7-6-9(12-11-7)8-4-2-3-5-10-8;2*1-6-4-7(12-11-6)8-5-9-2-3-10-8;2*1-6-10-8(12-11-6)7-4-2-3-5-9-7;;;;;/h2*4-7,10-11,14H,8-9H2,1-3H3;4*2-6H,1H3;4*2-5H,1H3;;;;;/q10*-1;5*+2. The second-order valence-corrected chi connectivity index (χ2v) is 35.8. The van der Waals surface area contributed by atoms with E-state index in [1.54, 1.807) is 88.2 Å². The van der Waals surface area contributed by atoms with E-state index in [1.165, 1.54) is 69.7 Å². The third kappa shape index (κ3) is 26.4. The molecule has 26 rings (SSSR count). The Hall–Kier alpha value is -14.3. The van der Waals surface area contributed by atoms with Gasteiger partial charge in [0, 0.05) is 176 Å². The zero-order chi connectivity index (χ0) is 98.8. The van der Waals surface area contributed by atoms with Gasteiger partial charge in [-0.2, -0.15) is 0 Å². The fraction of sp³-hybridized carbons (Fsp3) is 0.222. The van der Waals surface area contributed by atoms with Crippen LogP contribution >= 0.6 is 0 Å². The fourth-order valence-electron chi connectivity index (χ4n) is 17.6. The first-order chi connectivity index (χ1) is 68.9. The summed E-state index contributed by atoms with van der Waals surface area (Å²) in [5.74, 6) is 3.65. The molecule has 4 atom stereocenters. The maximum atomic E-state index is 4.68.